The van der Waals surface area contributed by atoms with Crippen LogP contribution in [0.3, 0.4) is 0 Å². The van der Waals surface area contributed by atoms with Crippen molar-refractivity contribution in [3.05, 3.63) is 36.5 Å². The fourth-order valence-corrected chi connectivity index (χ4v) is 12.4. The lowest BCUT2D eigenvalue weighted by atomic mass is 10.0. The minimum absolute atomic E-state index is 0.0188. The molecule has 0 saturated carbocycles. The number of rotatable bonds is 74. The quantitative estimate of drug-likeness (QED) is 0.0320. The average molecular weight is 1210 g/mol. The summed E-state index contributed by atoms with van der Waals surface area (Å²) in [6, 6.07) is -0.626. The van der Waals surface area contributed by atoms with Crippen LogP contribution in [-0.2, 0) is 14.3 Å². The Bertz CT molecular complexity index is 1390. The van der Waals surface area contributed by atoms with E-state index < -0.39 is 12.1 Å². The number of aliphatic hydroxyl groups excluding tert-OH is 2. The lowest BCUT2D eigenvalue weighted by Crippen LogP contribution is -2.45. The molecule has 6 nitrogen and oxygen atoms in total. The van der Waals surface area contributed by atoms with Gasteiger partial charge in [-0.2, -0.15) is 0 Å². The Morgan fingerprint density at radius 1 is 0.314 bits per heavy atom. The zero-order valence-electron chi connectivity index (χ0n) is 58.3. The topological polar surface area (TPSA) is 95.9 Å². The first-order valence-corrected chi connectivity index (χ1v) is 39.3. The molecule has 0 fully saturated rings. The zero-order valence-corrected chi connectivity index (χ0v) is 58.3. The molecule has 86 heavy (non-hydrogen) atoms. The van der Waals surface area contributed by atoms with Crippen LogP contribution >= 0.6 is 0 Å². The second-order valence-electron chi connectivity index (χ2n) is 27.0. The molecule has 6 heteroatoms. The van der Waals surface area contributed by atoms with Crippen molar-refractivity contribution < 1.29 is 24.5 Å². The van der Waals surface area contributed by atoms with Gasteiger partial charge in [-0.05, 0) is 83.5 Å². The van der Waals surface area contributed by atoms with Gasteiger partial charge in [0, 0.05) is 12.8 Å². The van der Waals surface area contributed by atoms with Gasteiger partial charge in [0.05, 0.1) is 25.4 Å². The maximum absolute atomic E-state index is 12.5. The third kappa shape index (κ3) is 71.2. The first-order valence-electron chi connectivity index (χ1n) is 39.3. The van der Waals surface area contributed by atoms with Crippen molar-refractivity contribution in [1.82, 2.24) is 5.32 Å². The van der Waals surface area contributed by atoms with Crippen LogP contribution in [0.2, 0.25) is 0 Å². The molecule has 0 aliphatic heterocycles. The number of ether oxygens (including phenoxy) is 1. The van der Waals surface area contributed by atoms with E-state index in [2.05, 4.69) is 43.5 Å². The van der Waals surface area contributed by atoms with Crippen LogP contribution in [0.25, 0.3) is 0 Å². The van der Waals surface area contributed by atoms with Crippen LogP contribution in [0.4, 0.5) is 0 Å². The van der Waals surface area contributed by atoms with Crippen molar-refractivity contribution in [3.63, 3.8) is 0 Å². The minimum atomic E-state index is -0.843. The highest BCUT2D eigenvalue weighted by molar-refractivity contribution is 5.76. The first-order chi connectivity index (χ1) is 42.5. The number of amides is 1. The van der Waals surface area contributed by atoms with Crippen LogP contribution in [0.1, 0.15) is 438 Å². The standard InChI is InChI=1S/C80H153NO5/c1-3-5-7-9-11-13-15-17-19-21-37-42-46-50-54-58-62-66-70-74-80(85)86-75-71-67-63-59-55-51-47-43-39-36-34-32-30-28-26-24-22-23-25-27-29-31-33-35-38-41-45-49-53-57-61-65-69-73-79(84)81-77(76-82)78(83)72-68-64-60-56-52-48-44-40-20-18-16-14-12-10-8-6-4-2/h17,19,26,28,68,72,77-78,82-83H,3-16,18,20-25,27,29-67,69-71,73-76H2,1-2H3,(H,81,84)/b19-17-,28-26-,72-68+. The number of allylic oxidation sites excluding steroid dienone is 5. The van der Waals surface area contributed by atoms with Crippen molar-refractivity contribution in [2.75, 3.05) is 13.2 Å². The Balaban J connectivity index is 3.35. The fourth-order valence-electron chi connectivity index (χ4n) is 12.4. The molecular weight excluding hydrogens is 1050 g/mol. The van der Waals surface area contributed by atoms with Gasteiger partial charge in [0.2, 0.25) is 5.91 Å². The molecule has 0 aromatic heterocycles. The van der Waals surface area contributed by atoms with Gasteiger partial charge in [-0.15, -0.1) is 0 Å². The van der Waals surface area contributed by atoms with Gasteiger partial charge in [0.25, 0.3) is 0 Å². The summed E-state index contributed by atoms with van der Waals surface area (Å²) < 4.78 is 5.52. The predicted octanol–water partition coefficient (Wildman–Crippen LogP) is 25.8. The molecule has 0 spiro atoms. The molecule has 508 valence electrons. The van der Waals surface area contributed by atoms with Crippen LogP contribution < -0.4 is 5.32 Å². The molecule has 0 bridgehead atoms. The van der Waals surface area contributed by atoms with Gasteiger partial charge in [0.15, 0.2) is 0 Å². The predicted molar refractivity (Wildman–Crippen MR) is 379 cm³/mol. The van der Waals surface area contributed by atoms with Crippen molar-refractivity contribution in [2.24, 2.45) is 0 Å². The Kier molecular flexibility index (Phi) is 73.9. The van der Waals surface area contributed by atoms with Gasteiger partial charge in [-0.25, -0.2) is 0 Å². The zero-order chi connectivity index (χ0) is 62.0. The molecule has 2 unspecified atom stereocenters. The summed E-state index contributed by atoms with van der Waals surface area (Å²) in [6.45, 7) is 4.94. The Morgan fingerprint density at radius 2 is 0.547 bits per heavy atom. The Labute approximate surface area is 538 Å². The molecule has 0 rings (SSSR count). The van der Waals surface area contributed by atoms with Gasteiger partial charge in [0.1, 0.15) is 0 Å². The fraction of sp³-hybridized carbons (Fsp3) is 0.900. The summed E-state index contributed by atoms with van der Waals surface area (Å²) in [5.41, 5.74) is 0. The summed E-state index contributed by atoms with van der Waals surface area (Å²) in [6.07, 6.45) is 98.3. The molecule has 0 aliphatic carbocycles. The van der Waals surface area contributed by atoms with E-state index in [4.69, 9.17) is 4.74 Å². The van der Waals surface area contributed by atoms with Crippen LogP contribution in [0, 0.1) is 0 Å². The lowest BCUT2D eigenvalue weighted by Gasteiger charge is -2.20. The van der Waals surface area contributed by atoms with E-state index in [1.165, 1.54) is 372 Å². The normalized spacial score (nSPS) is 12.7. The van der Waals surface area contributed by atoms with E-state index in [1.807, 2.05) is 6.08 Å². The number of unbranched alkanes of at least 4 members (excludes halogenated alkanes) is 59. The van der Waals surface area contributed by atoms with E-state index in [0.29, 0.717) is 19.4 Å². The van der Waals surface area contributed by atoms with Gasteiger partial charge >= 0.3 is 5.97 Å². The lowest BCUT2D eigenvalue weighted by molar-refractivity contribution is -0.143. The number of esters is 1. The number of carbonyl (C=O) groups is 2. The number of carbonyl (C=O) groups excluding carboxylic acids is 2. The molecule has 3 N–H and O–H groups in total. The molecule has 1 amide bonds. The number of aliphatic hydroxyl groups is 2. The molecule has 0 radical (unpaired) electrons. The largest absolute Gasteiger partial charge is 0.466 e. The number of hydrogen-bond acceptors (Lipinski definition) is 5. The van der Waals surface area contributed by atoms with Crippen LogP contribution in [0.5, 0.6) is 0 Å². The smallest absolute Gasteiger partial charge is 0.305 e. The third-order valence-corrected chi connectivity index (χ3v) is 18.4. The minimum Gasteiger partial charge on any atom is -0.466 e. The molecule has 0 saturated heterocycles. The van der Waals surface area contributed by atoms with Gasteiger partial charge in [-0.1, -0.05) is 378 Å². The molecular formula is C80H153NO5. The average Bonchev–Trinajstić information content (AvgIpc) is 3.59. The summed E-state index contributed by atoms with van der Waals surface area (Å²) >= 11 is 0. The highest BCUT2D eigenvalue weighted by Gasteiger charge is 2.18. The highest BCUT2D eigenvalue weighted by Crippen LogP contribution is 2.19. The summed E-state index contributed by atoms with van der Waals surface area (Å²) in [7, 11) is 0. The maximum atomic E-state index is 12.5. The highest BCUT2D eigenvalue weighted by atomic mass is 16.5. The van der Waals surface area contributed by atoms with E-state index in [9.17, 15) is 19.8 Å². The van der Waals surface area contributed by atoms with Crippen LogP contribution in [-0.4, -0.2) is 47.4 Å². The monoisotopic (exact) mass is 1210 g/mol. The third-order valence-electron chi connectivity index (χ3n) is 18.4. The van der Waals surface area contributed by atoms with E-state index in [-0.39, 0.29) is 18.5 Å². The maximum Gasteiger partial charge on any atom is 0.305 e. The Hall–Kier alpha value is -1.92. The molecule has 0 aromatic rings. The van der Waals surface area contributed by atoms with Crippen molar-refractivity contribution in [3.8, 4) is 0 Å². The first kappa shape index (κ1) is 84.1. The molecule has 2 atom stereocenters. The van der Waals surface area contributed by atoms with Crippen molar-refractivity contribution in [1.29, 1.82) is 0 Å². The SMILES string of the molecule is CCCCCCCC/C=C\CCCCCCCCCCCC(=O)OCCCCCCCCCCCCCC/C=C\CCCCCCCCCCCCCCCCCCCC(=O)NC(CO)C(O)/C=C/CCCCCCCCCCCCCCCCC. The number of nitrogens with one attached hydrogen (secondary N) is 1. The van der Waals surface area contributed by atoms with E-state index in [0.717, 1.165) is 38.5 Å². The van der Waals surface area contributed by atoms with Crippen molar-refractivity contribution in [2.45, 2.75) is 450 Å². The Morgan fingerprint density at radius 3 is 0.826 bits per heavy atom. The summed E-state index contributed by atoms with van der Waals surface area (Å²) in [4.78, 5) is 24.6. The molecule has 0 aromatic carbocycles. The van der Waals surface area contributed by atoms with Gasteiger partial charge in [-0.3, -0.25) is 9.59 Å². The number of hydrogen-bond donors (Lipinski definition) is 3. The second-order valence-corrected chi connectivity index (χ2v) is 27.0. The van der Waals surface area contributed by atoms with Crippen molar-refractivity contribution >= 4 is 11.9 Å². The molecule has 0 heterocycles. The second kappa shape index (κ2) is 75.5. The van der Waals surface area contributed by atoms with E-state index in [1.54, 1.807) is 6.08 Å². The summed E-state index contributed by atoms with van der Waals surface area (Å²) in [5.74, 6) is -0.0428. The molecule has 0 aliphatic rings. The van der Waals surface area contributed by atoms with E-state index >= 15 is 0 Å². The van der Waals surface area contributed by atoms with Crippen LogP contribution in [0.15, 0.2) is 36.5 Å². The summed E-state index contributed by atoms with van der Waals surface area (Å²) in [5, 5.41) is 23.2. The van der Waals surface area contributed by atoms with Gasteiger partial charge < -0.3 is 20.3 Å².